The van der Waals surface area contributed by atoms with Crippen molar-refractivity contribution in [1.29, 1.82) is 0 Å². The second-order valence-electron chi connectivity index (χ2n) is 7.09. The number of aryl methyl sites for hydroxylation is 2. The minimum atomic E-state index is -4.75. The molecule has 0 spiro atoms. The van der Waals surface area contributed by atoms with Crippen molar-refractivity contribution in [2.45, 2.75) is 32.0 Å². The first-order valence-electron chi connectivity index (χ1n) is 9.69. The summed E-state index contributed by atoms with van der Waals surface area (Å²) in [6, 6.07) is 11.3. The summed E-state index contributed by atoms with van der Waals surface area (Å²) < 4.78 is 47.1. The van der Waals surface area contributed by atoms with Crippen LogP contribution < -0.4 is 9.64 Å². The van der Waals surface area contributed by atoms with Crippen LogP contribution in [-0.4, -0.2) is 23.8 Å². The molecule has 1 aliphatic heterocycles. The Morgan fingerprint density at radius 1 is 1.23 bits per heavy atom. The van der Waals surface area contributed by atoms with Crippen LogP contribution in [0.2, 0.25) is 5.02 Å². The van der Waals surface area contributed by atoms with E-state index >= 15 is 0 Å². The molecule has 0 N–H and O–H groups in total. The molecule has 162 valence electrons. The van der Waals surface area contributed by atoms with Gasteiger partial charge in [0.25, 0.3) is 0 Å². The summed E-state index contributed by atoms with van der Waals surface area (Å²) in [5.41, 5.74) is 1.98. The number of alkyl halides is 3. The van der Waals surface area contributed by atoms with E-state index in [1.165, 1.54) is 18.2 Å². The van der Waals surface area contributed by atoms with Gasteiger partial charge in [-0.05, 0) is 48.7 Å². The maximum absolute atomic E-state index is 12.8. The molecule has 2 aromatic carbocycles. The van der Waals surface area contributed by atoms with Gasteiger partial charge in [0.2, 0.25) is 5.91 Å². The van der Waals surface area contributed by atoms with Crippen LogP contribution in [0.4, 0.5) is 18.9 Å². The molecule has 0 atom stereocenters. The molecule has 31 heavy (non-hydrogen) atoms. The molecular formula is C22H18ClF3N2O3. The summed E-state index contributed by atoms with van der Waals surface area (Å²) in [4.78, 5) is 18.6. The lowest BCUT2D eigenvalue weighted by Gasteiger charge is -2.30. The van der Waals surface area contributed by atoms with Crippen LogP contribution in [-0.2, 0) is 17.6 Å². The second-order valence-corrected chi connectivity index (χ2v) is 7.49. The fourth-order valence-electron chi connectivity index (χ4n) is 3.59. The molecule has 0 unspecified atom stereocenters. The number of carbonyl (C=O) groups excluding carboxylic acids is 1. The third kappa shape index (κ3) is 5.02. The number of oxazole rings is 1. The molecule has 0 radical (unpaired) electrons. The van der Waals surface area contributed by atoms with E-state index < -0.39 is 6.36 Å². The van der Waals surface area contributed by atoms with Gasteiger partial charge in [0, 0.05) is 30.6 Å². The summed E-state index contributed by atoms with van der Waals surface area (Å²) in [5, 5.41) is 0.542. The number of anilines is 1. The first kappa shape index (κ1) is 21.2. The largest absolute Gasteiger partial charge is 0.573 e. The van der Waals surface area contributed by atoms with Crippen molar-refractivity contribution in [3.8, 4) is 17.1 Å². The Labute approximate surface area is 181 Å². The van der Waals surface area contributed by atoms with Crippen molar-refractivity contribution in [2.75, 3.05) is 11.4 Å². The van der Waals surface area contributed by atoms with E-state index in [0.717, 1.165) is 5.56 Å². The number of hydrogen-bond donors (Lipinski definition) is 0. The van der Waals surface area contributed by atoms with Crippen molar-refractivity contribution in [3.05, 3.63) is 65.1 Å². The fraction of sp³-hybridized carbons (Fsp3) is 0.273. The van der Waals surface area contributed by atoms with E-state index in [4.69, 9.17) is 16.0 Å². The Morgan fingerprint density at radius 3 is 2.81 bits per heavy atom. The van der Waals surface area contributed by atoms with Gasteiger partial charge in [0.05, 0.1) is 11.2 Å². The van der Waals surface area contributed by atoms with Crippen LogP contribution in [0, 0.1) is 0 Å². The molecule has 5 nitrogen and oxygen atoms in total. The van der Waals surface area contributed by atoms with Gasteiger partial charge in [-0.3, -0.25) is 4.79 Å². The highest BCUT2D eigenvalue weighted by Crippen LogP contribution is 2.33. The monoisotopic (exact) mass is 450 g/mol. The maximum atomic E-state index is 12.8. The number of benzene rings is 2. The Kier molecular flexibility index (Phi) is 5.91. The van der Waals surface area contributed by atoms with E-state index in [1.54, 1.807) is 17.2 Å². The van der Waals surface area contributed by atoms with E-state index in [0.29, 0.717) is 53.7 Å². The highest BCUT2D eigenvalue weighted by molar-refractivity contribution is 6.33. The molecule has 0 fully saturated rings. The summed E-state index contributed by atoms with van der Waals surface area (Å²) in [5.74, 6) is 0.498. The Balaban J connectivity index is 1.43. The molecule has 1 aromatic heterocycles. The van der Waals surface area contributed by atoms with Crippen molar-refractivity contribution >= 4 is 23.2 Å². The summed E-state index contributed by atoms with van der Waals surface area (Å²) in [7, 11) is 0. The molecule has 1 amide bonds. The number of ether oxygens (including phenoxy) is 1. The van der Waals surface area contributed by atoms with Gasteiger partial charge in [-0.1, -0.05) is 23.7 Å². The quantitative estimate of drug-likeness (QED) is 0.492. The number of aromatic nitrogens is 1. The smallest absolute Gasteiger partial charge is 0.441 e. The first-order chi connectivity index (χ1) is 14.8. The van der Waals surface area contributed by atoms with Gasteiger partial charge >= 0.3 is 6.36 Å². The third-order valence-corrected chi connectivity index (χ3v) is 5.28. The average molecular weight is 451 g/mol. The number of halogens is 4. The fourth-order valence-corrected chi connectivity index (χ4v) is 3.82. The van der Waals surface area contributed by atoms with Crippen molar-refractivity contribution in [1.82, 2.24) is 4.98 Å². The van der Waals surface area contributed by atoms with Crippen LogP contribution in [0.5, 0.6) is 5.75 Å². The second kappa shape index (κ2) is 8.63. The van der Waals surface area contributed by atoms with Gasteiger partial charge in [0.15, 0.2) is 11.7 Å². The minimum absolute atomic E-state index is 0.150. The van der Waals surface area contributed by atoms with Crippen LogP contribution in [0.15, 0.2) is 53.1 Å². The molecule has 2 heterocycles. The summed E-state index contributed by atoms with van der Waals surface area (Å²) in [6.45, 7) is 0.502. The molecule has 3 aromatic rings. The SMILES string of the molecule is O=C(CCc1ncc(-c2ccccc2Cl)o1)N1CCCc2cc(OC(F)(F)F)ccc21. The zero-order valence-corrected chi connectivity index (χ0v) is 17.0. The normalized spacial score (nSPS) is 13.7. The number of hydrogen-bond acceptors (Lipinski definition) is 4. The first-order valence-corrected chi connectivity index (χ1v) is 10.1. The van der Waals surface area contributed by atoms with Crippen molar-refractivity contribution in [3.63, 3.8) is 0 Å². The Bertz CT molecular complexity index is 1100. The number of carbonyl (C=O) groups is 1. The van der Waals surface area contributed by atoms with Crippen LogP contribution in [0.1, 0.15) is 24.3 Å². The highest BCUT2D eigenvalue weighted by atomic mass is 35.5. The van der Waals surface area contributed by atoms with Crippen LogP contribution in [0.3, 0.4) is 0 Å². The standard InChI is InChI=1S/C22H18ClF3N2O3/c23-17-6-2-1-5-16(17)19-13-27-20(30-19)9-10-21(29)28-11-3-4-14-12-15(7-8-18(14)28)31-22(24,25)26/h1-2,5-8,12-13H,3-4,9-11H2. The lowest BCUT2D eigenvalue weighted by Crippen LogP contribution is -2.35. The van der Waals surface area contributed by atoms with Crippen molar-refractivity contribution < 1.29 is 27.1 Å². The van der Waals surface area contributed by atoms with Gasteiger partial charge < -0.3 is 14.1 Å². The predicted octanol–water partition coefficient (Wildman–Crippen LogP) is 5.81. The van der Waals surface area contributed by atoms with E-state index in [-0.39, 0.29) is 18.1 Å². The average Bonchev–Trinajstić information content (AvgIpc) is 3.19. The predicted molar refractivity (Wildman–Crippen MR) is 109 cm³/mol. The Hall–Kier alpha value is -3.00. The molecular weight excluding hydrogens is 433 g/mol. The molecule has 0 bridgehead atoms. The van der Waals surface area contributed by atoms with E-state index in [1.807, 2.05) is 18.2 Å². The van der Waals surface area contributed by atoms with Gasteiger partial charge in [-0.25, -0.2) is 4.98 Å². The van der Waals surface area contributed by atoms with E-state index in [2.05, 4.69) is 9.72 Å². The molecule has 0 saturated heterocycles. The number of rotatable bonds is 5. The summed E-state index contributed by atoms with van der Waals surface area (Å²) in [6.07, 6.45) is -1.50. The number of amides is 1. The molecule has 0 aliphatic carbocycles. The zero-order chi connectivity index (χ0) is 22.0. The van der Waals surface area contributed by atoms with Crippen molar-refractivity contribution in [2.24, 2.45) is 0 Å². The Morgan fingerprint density at radius 2 is 2.03 bits per heavy atom. The third-order valence-electron chi connectivity index (χ3n) is 4.95. The van der Waals surface area contributed by atoms with Crippen LogP contribution >= 0.6 is 11.6 Å². The lowest BCUT2D eigenvalue weighted by molar-refractivity contribution is -0.274. The highest BCUT2D eigenvalue weighted by Gasteiger charge is 2.32. The summed E-state index contributed by atoms with van der Waals surface area (Å²) >= 11 is 6.17. The number of nitrogens with zero attached hydrogens (tertiary/aromatic N) is 2. The van der Waals surface area contributed by atoms with E-state index in [9.17, 15) is 18.0 Å². The van der Waals surface area contributed by atoms with Crippen LogP contribution in [0.25, 0.3) is 11.3 Å². The molecule has 0 saturated carbocycles. The molecule has 1 aliphatic rings. The maximum Gasteiger partial charge on any atom is 0.573 e. The van der Waals surface area contributed by atoms with Gasteiger partial charge in [-0.2, -0.15) is 0 Å². The lowest BCUT2D eigenvalue weighted by atomic mass is 10.0. The number of fused-ring (bicyclic) bond motifs is 1. The van der Waals surface area contributed by atoms with Gasteiger partial charge in [-0.15, -0.1) is 13.2 Å². The molecule has 4 rings (SSSR count). The zero-order valence-electron chi connectivity index (χ0n) is 16.3. The molecule has 9 heteroatoms. The van der Waals surface area contributed by atoms with Gasteiger partial charge in [0.1, 0.15) is 5.75 Å². The topological polar surface area (TPSA) is 55.6 Å². The minimum Gasteiger partial charge on any atom is -0.441 e.